The van der Waals surface area contributed by atoms with Gasteiger partial charge < -0.3 is 11.1 Å². The molecule has 1 heterocycles. The second kappa shape index (κ2) is 4.92. The van der Waals surface area contributed by atoms with Crippen molar-refractivity contribution >= 4 is 34.6 Å². The smallest absolute Gasteiger partial charge is 0.240 e. The number of nitrogens with two attached hydrogens (primary N) is 1. The van der Waals surface area contributed by atoms with Crippen LogP contribution in [0.2, 0.25) is 0 Å². The van der Waals surface area contributed by atoms with Gasteiger partial charge >= 0.3 is 0 Å². The highest BCUT2D eigenvalue weighted by atomic mass is 32.1. The van der Waals surface area contributed by atoms with Gasteiger partial charge in [0.15, 0.2) is 5.11 Å². The summed E-state index contributed by atoms with van der Waals surface area (Å²) in [5.74, 6) is -0.0412. The van der Waals surface area contributed by atoms with E-state index in [0.29, 0.717) is 12.8 Å². The molecule has 4 N–H and O–H groups in total. The fourth-order valence-corrected chi connectivity index (χ4v) is 1.69. The Labute approximate surface area is 104 Å². The minimum absolute atomic E-state index is 0.0412. The number of carbonyl (C=O) groups is 1. The number of nitrogens with zero attached hydrogens (tertiary/aromatic N) is 1. The van der Waals surface area contributed by atoms with E-state index in [-0.39, 0.29) is 11.0 Å². The van der Waals surface area contributed by atoms with Gasteiger partial charge in [-0.25, -0.2) is 5.43 Å². The van der Waals surface area contributed by atoms with Crippen LogP contribution in [0.1, 0.15) is 18.4 Å². The first-order chi connectivity index (χ1) is 8.15. The summed E-state index contributed by atoms with van der Waals surface area (Å²) in [6.45, 7) is 0. The van der Waals surface area contributed by atoms with E-state index < -0.39 is 0 Å². The Bertz CT molecular complexity index is 481. The van der Waals surface area contributed by atoms with E-state index in [2.05, 4.69) is 15.8 Å². The molecule has 0 spiro atoms. The largest absolute Gasteiger partial charge is 0.376 e. The van der Waals surface area contributed by atoms with Crippen molar-refractivity contribution in [3.05, 3.63) is 29.8 Å². The standard InChI is InChI=1S/C11H12N4OS/c12-11(17)13-8-3-1-7(2-4-8)9-5-6-10(16)15-14-9/h1-4H,5-6H2,(H,15,16)(H3,12,13,17). The first kappa shape index (κ1) is 11.5. The van der Waals surface area contributed by atoms with Gasteiger partial charge in [-0.3, -0.25) is 4.79 Å². The first-order valence-corrected chi connectivity index (χ1v) is 5.58. The molecule has 0 saturated carbocycles. The molecule has 0 radical (unpaired) electrons. The van der Waals surface area contributed by atoms with Crippen LogP contribution in [0.4, 0.5) is 5.69 Å². The molecule has 0 unspecified atom stereocenters. The summed E-state index contributed by atoms with van der Waals surface area (Å²) in [5, 5.41) is 7.10. The van der Waals surface area contributed by atoms with Gasteiger partial charge in [-0.2, -0.15) is 5.10 Å². The third kappa shape index (κ3) is 3.01. The van der Waals surface area contributed by atoms with Crippen LogP contribution >= 0.6 is 12.2 Å². The van der Waals surface area contributed by atoms with Gasteiger partial charge in [-0.1, -0.05) is 12.1 Å². The highest BCUT2D eigenvalue weighted by Crippen LogP contribution is 2.13. The molecule has 17 heavy (non-hydrogen) atoms. The summed E-state index contributed by atoms with van der Waals surface area (Å²) in [5.41, 5.74) is 10.5. The van der Waals surface area contributed by atoms with E-state index in [1.54, 1.807) is 0 Å². The van der Waals surface area contributed by atoms with E-state index in [0.717, 1.165) is 17.0 Å². The zero-order valence-corrected chi connectivity index (χ0v) is 9.88. The highest BCUT2D eigenvalue weighted by molar-refractivity contribution is 7.80. The zero-order valence-electron chi connectivity index (χ0n) is 9.06. The lowest BCUT2D eigenvalue weighted by molar-refractivity contribution is -0.121. The van der Waals surface area contributed by atoms with Gasteiger partial charge in [-0.05, 0) is 29.9 Å². The van der Waals surface area contributed by atoms with E-state index in [4.69, 9.17) is 18.0 Å². The lowest BCUT2D eigenvalue weighted by atomic mass is 10.0. The Morgan fingerprint density at radius 1 is 1.35 bits per heavy atom. The summed E-state index contributed by atoms with van der Waals surface area (Å²) in [6, 6.07) is 7.56. The Morgan fingerprint density at radius 3 is 2.59 bits per heavy atom. The van der Waals surface area contributed by atoms with Crippen molar-refractivity contribution in [1.29, 1.82) is 0 Å². The highest BCUT2D eigenvalue weighted by Gasteiger charge is 2.12. The van der Waals surface area contributed by atoms with E-state index in [1.165, 1.54) is 0 Å². The molecule has 1 amide bonds. The summed E-state index contributed by atoms with van der Waals surface area (Å²) < 4.78 is 0. The number of thiocarbonyl (C=S) groups is 1. The molecule has 1 aliphatic rings. The molecule has 88 valence electrons. The Hall–Kier alpha value is -1.95. The first-order valence-electron chi connectivity index (χ1n) is 5.17. The molecule has 0 atom stereocenters. The minimum Gasteiger partial charge on any atom is -0.376 e. The average molecular weight is 248 g/mol. The summed E-state index contributed by atoms with van der Waals surface area (Å²) in [4.78, 5) is 11.0. The third-order valence-electron chi connectivity index (χ3n) is 2.39. The minimum atomic E-state index is -0.0412. The zero-order chi connectivity index (χ0) is 12.3. The van der Waals surface area contributed by atoms with Gasteiger partial charge in [0.25, 0.3) is 0 Å². The van der Waals surface area contributed by atoms with Crippen LogP contribution in [-0.2, 0) is 4.79 Å². The number of anilines is 1. The summed E-state index contributed by atoms with van der Waals surface area (Å²) in [7, 11) is 0. The van der Waals surface area contributed by atoms with E-state index >= 15 is 0 Å². The van der Waals surface area contributed by atoms with Gasteiger partial charge in [0.1, 0.15) is 0 Å². The lowest BCUT2D eigenvalue weighted by Crippen LogP contribution is -2.25. The van der Waals surface area contributed by atoms with Crippen molar-refractivity contribution in [2.45, 2.75) is 12.8 Å². The number of nitrogens with one attached hydrogen (secondary N) is 2. The molecule has 6 heteroatoms. The molecular formula is C11H12N4OS. The second-order valence-electron chi connectivity index (χ2n) is 3.66. The van der Waals surface area contributed by atoms with Crippen LogP contribution in [-0.4, -0.2) is 16.7 Å². The molecule has 2 rings (SSSR count). The van der Waals surface area contributed by atoms with Crippen LogP contribution in [0.25, 0.3) is 0 Å². The Balaban J connectivity index is 2.12. The van der Waals surface area contributed by atoms with Crippen molar-refractivity contribution in [2.24, 2.45) is 10.8 Å². The van der Waals surface area contributed by atoms with Crippen LogP contribution in [0.5, 0.6) is 0 Å². The quantitative estimate of drug-likeness (QED) is 0.681. The number of benzene rings is 1. The predicted octanol–water partition coefficient (Wildman–Crippen LogP) is 0.956. The van der Waals surface area contributed by atoms with Crippen LogP contribution < -0.4 is 16.5 Å². The predicted molar refractivity (Wildman–Crippen MR) is 70.8 cm³/mol. The van der Waals surface area contributed by atoms with Gasteiger partial charge in [-0.15, -0.1) is 0 Å². The SMILES string of the molecule is NC(=S)Nc1ccc(C2=NNC(=O)CC2)cc1. The summed E-state index contributed by atoms with van der Waals surface area (Å²) in [6.07, 6.45) is 1.14. The molecule has 1 aromatic carbocycles. The number of hydrogen-bond donors (Lipinski definition) is 3. The number of hydrazone groups is 1. The molecule has 5 nitrogen and oxygen atoms in total. The maximum absolute atomic E-state index is 11.0. The lowest BCUT2D eigenvalue weighted by Gasteiger charge is -2.12. The van der Waals surface area contributed by atoms with E-state index in [1.807, 2.05) is 24.3 Å². The number of amides is 1. The molecule has 0 aromatic heterocycles. The van der Waals surface area contributed by atoms with Crippen molar-refractivity contribution in [3.63, 3.8) is 0 Å². The van der Waals surface area contributed by atoms with Gasteiger partial charge in [0.2, 0.25) is 5.91 Å². The van der Waals surface area contributed by atoms with Gasteiger partial charge in [0, 0.05) is 18.5 Å². The Morgan fingerprint density at radius 2 is 2.06 bits per heavy atom. The second-order valence-corrected chi connectivity index (χ2v) is 4.10. The van der Waals surface area contributed by atoms with E-state index in [9.17, 15) is 4.79 Å². The molecule has 1 aromatic rings. The fourth-order valence-electron chi connectivity index (χ4n) is 1.57. The molecule has 0 bridgehead atoms. The third-order valence-corrected chi connectivity index (χ3v) is 2.49. The number of rotatable bonds is 2. The number of carbonyl (C=O) groups excluding carboxylic acids is 1. The Kier molecular flexibility index (Phi) is 3.34. The van der Waals surface area contributed by atoms with Gasteiger partial charge in [0.05, 0.1) is 5.71 Å². The normalized spacial score (nSPS) is 14.8. The summed E-state index contributed by atoms with van der Waals surface area (Å²) >= 11 is 4.74. The monoisotopic (exact) mass is 248 g/mol. The molecule has 0 fully saturated rings. The van der Waals surface area contributed by atoms with Crippen LogP contribution in [0.15, 0.2) is 29.4 Å². The van der Waals surface area contributed by atoms with Crippen LogP contribution in [0, 0.1) is 0 Å². The maximum atomic E-state index is 11.0. The topological polar surface area (TPSA) is 79.5 Å². The molecule has 1 aliphatic heterocycles. The van der Waals surface area contributed by atoms with Crippen molar-refractivity contribution in [3.8, 4) is 0 Å². The van der Waals surface area contributed by atoms with Crippen molar-refractivity contribution in [1.82, 2.24) is 5.43 Å². The fraction of sp³-hybridized carbons (Fsp3) is 0.182. The average Bonchev–Trinajstić information content (AvgIpc) is 2.30. The van der Waals surface area contributed by atoms with Crippen molar-refractivity contribution < 1.29 is 4.79 Å². The molecular weight excluding hydrogens is 236 g/mol. The number of hydrogen-bond acceptors (Lipinski definition) is 3. The molecule has 0 aliphatic carbocycles. The maximum Gasteiger partial charge on any atom is 0.240 e. The van der Waals surface area contributed by atoms with Crippen molar-refractivity contribution in [2.75, 3.05) is 5.32 Å². The molecule has 0 saturated heterocycles. The van der Waals surface area contributed by atoms with Crippen LogP contribution in [0.3, 0.4) is 0 Å².